The maximum atomic E-state index is 12.8. The number of nitrogens with zero attached hydrogens (tertiary/aromatic N) is 2. The summed E-state index contributed by atoms with van der Waals surface area (Å²) >= 11 is 0. The smallest absolute Gasteiger partial charge is 0.280 e. The van der Waals surface area contributed by atoms with Crippen LogP contribution in [0.2, 0.25) is 0 Å². The molecule has 0 aliphatic heterocycles. The van der Waals surface area contributed by atoms with E-state index in [-0.39, 0.29) is 24.2 Å². The quantitative estimate of drug-likeness (QED) is 0.865. The Kier molecular flexibility index (Phi) is 5.09. The minimum atomic E-state index is -2.61. The normalized spacial score (nSPS) is 17.2. The van der Waals surface area contributed by atoms with Crippen LogP contribution in [0.3, 0.4) is 0 Å². The number of hydrogen-bond acceptors (Lipinski definition) is 2. The molecule has 0 atom stereocenters. The van der Waals surface area contributed by atoms with Gasteiger partial charge < -0.3 is 5.32 Å². The molecule has 6 heteroatoms. The van der Waals surface area contributed by atoms with Crippen LogP contribution >= 0.6 is 0 Å². The van der Waals surface area contributed by atoms with Gasteiger partial charge in [0, 0.05) is 6.04 Å². The summed E-state index contributed by atoms with van der Waals surface area (Å²) in [6.45, 7) is 1.51. The zero-order valence-corrected chi connectivity index (χ0v) is 11.7. The first-order valence-electron chi connectivity index (χ1n) is 7.18. The van der Waals surface area contributed by atoms with Crippen molar-refractivity contribution in [2.45, 2.75) is 64.5 Å². The molecule has 0 bridgehead atoms. The number of carbonyl (C=O) groups is 1. The first-order chi connectivity index (χ1) is 9.56. The Balaban J connectivity index is 1.93. The molecule has 0 unspecified atom stereocenters. The topological polar surface area (TPSA) is 46.9 Å². The van der Waals surface area contributed by atoms with Crippen LogP contribution in [0.4, 0.5) is 8.78 Å². The molecule has 4 nitrogen and oxygen atoms in total. The lowest BCUT2D eigenvalue weighted by atomic mass is 10.1. The molecule has 112 valence electrons. The lowest BCUT2D eigenvalue weighted by Gasteiger charge is -2.16. The fourth-order valence-corrected chi connectivity index (χ4v) is 2.70. The Morgan fingerprint density at radius 3 is 2.65 bits per heavy atom. The number of nitrogens with one attached hydrogen (secondary N) is 1. The SMILES string of the molecule is Cc1cc(C(F)F)n(CC(=O)NC2CCCCCC2)n1. The fraction of sp³-hybridized carbons (Fsp3) is 0.714. The van der Waals surface area contributed by atoms with E-state index in [1.807, 2.05) is 0 Å². The number of rotatable bonds is 4. The van der Waals surface area contributed by atoms with Gasteiger partial charge in [0.15, 0.2) is 0 Å². The molecule has 1 aliphatic carbocycles. The molecule has 1 heterocycles. The van der Waals surface area contributed by atoms with Crippen molar-refractivity contribution in [3.63, 3.8) is 0 Å². The van der Waals surface area contributed by atoms with Crippen LogP contribution in [0.25, 0.3) is 0 Å². The van der Waals surface area contributed by atoms with E-state index in [0.717, 1.165) is 30.4 Å². The van der Waals surface area contributed by atoms with E-state index in [4.69, 9.17) is 0 Å². The van der Waals surface area contributed by atoms with Crippen LogP contribution in [-0.4, -0.2) is 21.7 Å². The van der Waals surface area contributed by atoms with Gasteiger partial charge in [-0.05, 0) is 25.8 Å². The second-order valence-electron chi connectivity index (χ2n) is 5.42. The Morgan fingerprint density at radius 1 is 1.40 bits per heavy atom. The molecule has 1 amide bonds. The van der Waals surface area contributed by atoms with Crippen molar-refractivity contribution in [2.75, 3.05) is 0 Å². The van der Waals surface area contributed by atoms with E-state index in [0.29, 0.717) is 5.69 Å². The van der Waals surface area contributed by atoms with Gasteiger partial charge in [-0.15, -0.1) is 0 Å². The third-order valence-electron chi connectivity index (χ3n) is 3.67. The van der Waals surface area contributed by atoms with Crippen LogP contribution < -0.4 is 5.32 Å². The summed E-state index contributed by atoms with van der Waals surface area (Å²) < 4.78 is 26.7. The number of carbonyl (C=O) groups excluding carboxylic acids is 1. The molecule has 0 saturated heterocycles. The maximum Gasteiger partial charge on any atom is 0.280 e. The number of aromatic nitrogens is 2. The van der Waals surface area contributed by atoms with Gasteiger partial charge in [-0.1, -0.05) is 25.7 Å². The van der Waals surface area contributed by atoms with Crippen LogP contribution in [0.5, 0.6) is 0 Å². The van der Waals surface area contributed by atoms with Gasteiger partial charge in [-0.3, -0.25) is 9.48 Å². The highest BCUT2D eigenvalue weighted by Gasteiger charge is 2.19. The van der Waals surface area contributed by atoms with Gasteiger partial charge in [0.25, 0.3) is 6.43 Å². The van der Waals surface area contributed by atoms with Crippen molar-refractivity contribution in [1.82, 2.24) is 15.1 Å². The summed E-state index contributed by atoms with van der Waals surface area (Å²) in [5, 5.41) is 6.90. The average Bonchev–Trinajstić information content (AvgIpc) is 2.59. The first-order valence-corrected chi connectivity index (χ1v) is 7.18. The highest BCUT2D eigenvalue weighted by atomic mass is 19.3. The van der Waals surface area contributed by atoms with Gasteiger partial charge in [-0.25, -0.2) is 8.78 Å². The van der Waals surface area contributed by atoms with Crippen molar-refractivity contribution in [1.29, 1.82) is 0 Å². The minimum absolute atomic E-state index is 0.135. The number of hydrogen-bond donors (Lipinski definition) is 1. The molecule has 2 rings (SSSR count). The third-order valence-corrected chi connectivity index (χ3v) is 3.67. The van der Waals surface area contributed by atoms with Crippen LogP contribution in [0.15, 0.2) is 6.07 Å². The van der Waals surface area contributed by atoms with E-state index in [2.05, 4.69) is 10.4 Å². The molecular formula is C14H21F2N3O. The number of amides is 1. The maximum absolute atomic E-state index is 12.8. The summed E-state index contributed by atoms with van der Waals surface area (Å²) in [6.07, 6.45) is 4.00. The summed E-state index contributed by atoms with van der Waals surface area (Å²) in [4.78, 5) is 12.0. The predicted octanol–water partition coefficient (Wildman–Crippen LogP) is 2.97. The summed E-state index contributed by atoms with van der Waals surface area (Å²) in [5.41, 5.74) is 0.307. The van der Waals surface area contributed by atoms with E-state index >= 15 is 0 Å². The van der Waals surface area contributed by atoms with Gasteiger partial charge >= 0.3 is 0 Å². The molecule has 1 saturated carbocycles. The zero-order chi connectivity index (χ0) is 14.5. The number of halogens is 2. The second kappa shape index (κ2) is 6.81. The van der Waals surface area contributed by atoms with E-state index < -0.39 is 6.43 Å². The van der Waals surface area contributed by atoms with Gasteiger partial charge in [0.1, 0.15) is 12.2 Å². The predicted molar refractivity (Wildman–Crippen MR) is 71.6 cm³/mol. The molecular weight excluding hydrogens is 264 g/mol. The zero-order valence-electron chi connectivity index (χ0n) is 11.7. The number of aryl methyl sites for hydroxylation is 1. The number of alkyl halides is 2. The van der Waals surface area contributed by atoms with Crippen LogP contribution in [-0.2, 0) is 11.3 Å². The summed E-state index contributed by atoms with van der Waals surface area (Å²) in [7, 11) is 0. The Bertz CT molecular complexity index is 451. The van der Waals surface area contributed by atoms with Crippen LogP contribution in [0, 0.1) is 6.92 Å². The highest BCUT2D eigenvalue weighted by molar-refractivity contribution is 5.76. The minimum Gasteiger partial charge on any atom is -0.352 e. The second-order valence-corrected chi connectivity index (χ2v) is 5.42. The van der Waals surface area contributed by atoms with Crippen molar-refractivity contribution < 1.29 is 13.6 Å². The highest BCUT2D eigenvalue weighted by Crippen LogP contribution is 2.20. The lowest BCUT2D eigenvalue weighted by molar-refractivity contribution is -0.122. The fourth-order valence-electron chi connectivity index (χ4n) is 2.70. The molecule has 1 N–H and O–H groups in total. The molecule has 0 spiro atoms. The van der Waals surface area contributed by atoms with Gasteiger partial charge in [-0.2, -0.15) is 5.10 Å². The standard InChI is InChI=1S/C14H21F2N3O/c1-10-8-12(14(15)16)19(18-10)9-13(20)17-11-6-4-2-3-5-7-11/h8,11,14H,2-7,9H2,1H3,(H,17,20). The molecule has 1 fully saturated rings. The van der Waals surface area contributed by atoms with Crippen molar-refractivity contribution >= 4 is 5.91 Å². The van der Waals surface area contributed by atoms with Crippen molar-refractivity contribution in [2.24, 2.45) is 0 Å². The summed E-state index contributed by atoms with van der Waals surface area (Å²) in [5.74, 6) is -0.234. The molecule has 0 radical (unpaired) electrons. The monoisotopic (exact) mass is 285 g/mol. The average molecular weight is 285 g/mol. The lowest BCUT2D eigenvalue weighted by Crippen LogP contribution is -2.37. The van der Waals surface area contributed by atoms with Crippen molar-refractivity contribution in [3.05, 3.63) is 17.5 Å². The third kappa shape index (κ3) is 4.02. The Hall–Kier alpha value is -1.46. The van der Waals surface area contributed by atoms with E-state index in [1.165, 1.54) is 18.9 Å². The molecule has 1 aliphatic rings. The van der Waals surface area contributed by atoms with Crippen molar-refractivity contribution in [3.8, 4) is 0 Å². The van der Waals surface area contributed by atoms with E-state index in [1.54, 1.807) is 6.92 Å². The Labute approximate surface area is 117 Å². The van der Waals surface area contributed by atoms with Gasteiger partial charge in [0.05, 0.1) is 5.69 Å². The largest absolute Gasteiger partial charge is 0.352 e. The molecule has 0 aromatic carbocycles. The summed E-state index contributed by atoms with van der Waals surface area (Å²) in [6, 6.07) is 1.50. The molecule has 20 heavy (non-hydrogen) atoms. The molecule has 1 aromatic heterocycles. The van der Waals surface area contributed by atoms with Crippen LogP contribution in [0.1, 0.15) is 56.3 Å². The first kappa shape index (κ1) is 14.9. The Morgan fingerprint density at radius 2 is 2.05 bits per heavy atom. The van der Waals surface area contributed by atoms with Gasteiger partial charge in [0.2, 0.25) is 5.91 Å². The van der Waals surface area contributed by atoms with E-state index in [9.17, 15) is 13.6 Å². The molecule has 1 aromatic rings.